The number of hydrogen-bond acceptors (Lipinski definition) is 2. The van der Waals surface area contributed by atoms with Crippen molar-refractivity contribution in [3.63, 3.8) is 0 Å². The van der Waals surface area contributed by atoms with Gasteiger partial charge in [-0.2, -0.15) is 0 Å². The van der Waals surface area contributed by atoms with Crippen LogP contribution < -0.4 is 0 Å². The van der Waals surface area contributed by atoms with Crippen molar-refractivity contribution in [1.82, 2.24) is 9.97 Å². The summed E-state index contributed by atoms with van der Waals surface area (Å²) in [6.07, 6.45) is 0. The Kier molecular flexibility index (Phi) is 5.59. The van der Waals surface area contributed by atoms with E-state index in [2.05, 4.69) is 182 Å². The van der Waals surface area contributed by atoms with E-state index in [1.807, 2.05) is 0 Å². The van der Waals surface area contributed by atoms with Crippen molar-refractivity contribution in [1.29, 1.82) is 0 Å². The van der Waals surface area contributed by atoms with Gasteiger partial charge in [-0.3, -0.25) is 0 Å². The van der Waals surface area contributed by atoms with Gasteiger partial charge in [0.1, 0.15) is 0 Å². The maximum absolute atomic E-state index is 5.57. The van der Waals surface area contributed by atoms with Gasteiger partial charge in [-0.15, -0.1) is 0 Å². The molecule has 1 spiro atoms. The second-order valence-electron chi connectivity index (χ2n) is 15.2. The molecule has 0 radical (unpaired) electrons. The topological polar surface area (TPSA) is 25.8 Å². The highest BCUT2D eigenvalue weighted by molar-refractivity contribution is 6.21. The highest BCUT2D eigenvalue weighted by Gasteiger charge is 2.54. The molecule has 1 heterocycles. The minimum atomic E-state index is -0.579. The quantitative estimate of drug-likeness (QED) is 0.180. The zero-order valence-corrected chi connectivity index (χ0v) is 29.7. The second-order valence-corrected chi connectivity index (χ2v) is 15.2. The van der Waals surface area contributed by atoms with Crippen molar-refractivity contribution < 1.29 is 0 Å². The van der Waals surface area contributed by atoms with Crippen molar-refractivity contribution in [2.24, 2.45) is 0 Å². The first-order valence-corrected chi connectivity index (χ1v) is 19.1. The third-order valence-corrected chi connectivity index (χ3v) is 12.6. The highest BCUT2D eigenvalue weighted by Crippen LogP contribution is 2.66. The summed E-state index contributed by atoms with van der Waals surface area (Å²) >= 11 is 0. The predicted molar refractivity (Wildman–Crippen MR) is 226 cm³/mol. The van der Waals surface area contributed by atoms with Crippen LogP contribution >= 0.6 is 0 Å². The molecule has 10 aromatic rings. The smallest absolute Gasteiger partial charge is 0.160 e. The van der Waals surface area contributed by atoms with Crippen LogP contribution in [0.15, 0.2) is 182 Å². The fraction of sp³-hybridized carbons (Fsp3) is 0.0189. The van der Waals surface area contributed by atoms with Crippen LogP contribution in [-0.4, -0.2) is 9.97 Å². The van der Waals surface area contributed by atoms with Gasteiger partial charge in [0.25, 0.3) is 0 Å². The molecule has 9 aromatic carbocycles. The number of para-hydroxylation sites is 1. The van der Waals surface area contributed by atoms with E-state index >= 15 is 0 Å². The first-order valence-electron chi connectivity index (χ1n) is 19.1. The molecule has 13 rings (SSSR count). The summed E-state index contributed by atoms with van der Waals surface area (Å²) in [6.45, 7) is 0. The summed E-state index contributed by atoms with van der Waals surface area (Å²) < 4.78 is 0. The normalized spacial score (nSPS) is 15.3. The molecule has 1 aromatic heterocycles. The zero-order valence-electron chi connectivity index (χ0n) is 29.7. The van der Waals surface area contributed by atoms with Crippen molar-refractivity contribution in [3.05, 3.63) is 204 Å². The molecule has 1 unspecified atom stereocenters. The van der Waals surface area contributed by atoms with Crippen LogP contribution in [0.2, 0.25) is 0 Å². The molecular formula is C53H30N2. The first-order chi connectivity index (χ1) is 27.3. The Morgan fingerprint density at radius 2 is 0.982 bits per heavy atom. The largest absolute Gasteiger partial charge is 0.228 e. The zero-order chi connectivity index (χ0) is 35.8. The average Bonchev–Trinajstić information content (AvgIpc) is 3.86. The van der Waals surface area contributed by atoms with Crippen LogP contribution in [0, 0.1) is 0 Å². The lowest BCUT2D eigenvalue weighted by Crippen LogP contribution is -2.27. The van der Waals surface area contributed by atoms with Gasteiger partial charge in [-0.25, -0.2) is 9.97 Å². The molecule has 0 aliphatic heterocycles. The van der Waals surface area contributed by atoms with E-state index in [0.717, 1.165) is 33.5 Å². The molecule has 0 bridgehead atoms. The van der Waals surface area contributed by atoms with Gasteiger partial charge in [-0.1, -0.05) is 164 Å². The summed E-state index contributed by atoms with van der Waals surface area (Å²) in [5.74, 6) is 0.745. The van der Waals surface area contributed by atoms with Gasteiger partial charge in [0.15, 0.2) is 5.82 Å². The molecular weight excluding hydrogens is 665 g/mol. The van der Waals surface area contributed by atoms with E-state index in [1.54, 1.807) is 0 Å². The summed E-state index contributed by atoms with van der Waals surface area (Å²) in [7, 11) is 0. The van der Waals surface area contributed by atoms with E-state index in [4.69, 9.17) is 9.97 Å². The van der Waals surface area contributed by atoms with E-state index in [-0.39, 0.29) is 0 Å². The first kappa shape index (κ1) is 29.3. The van der Waals surface area contributed by atoms with Crippen LogP contribution in [0.1, 0.15) is 22.3 Å². The molecule has 2 heteroatoms. The molecule has 3 aliphatic rings. The van der Waals surface area contributed by atoms with E-state index < -0.39 is 5.41 Å². The maximum Gasteiger partial charge on any atom is 0.160 e. The Morgan fingerprint density at radius 3 is 1.85 bits per heavy atom. The van der Waals surface area contributed by atoms with Gasteiger partial charge in [0.2, 0.25) is 0 Å². The molecule has 3 aliphatic carbocycles. The third kappa shape index (κ3) is 3.64. The van der Waals surface area contributed by atoms with Crippen LogP contribution in [0.4, 0.5) is 0 Å². The molecule has 0 saturated carbocycles. The standard InChI is InChI=1S/C53H30N2/c1-2-14-32-29-33(28-27-31(32)13-1)51-40-19-7-10-26-47(40)54-52(55-51)42-23-12-21-38-36-17-5-8-24-44(36)53(50(38)42)45-25-9-6-18-39(45)49-41-22-11-20-37-34-15-3-4-16-35(34)43(48(37)41)30-46(49)53/h1-30H. The second kappa shape index (κ2) is 10.5. The third-order valence-electron chi connectivity index (χ3n) is 12.6. The summed E-state index contributed by atoms with van der Waals surface area (Å²) in [5, 5.41) is 6.13. The molecule has 55 heavy (non-hydrogen) atoms. The lowest BCUT2D eigenvalue weighted by Gasteiger charge is -2.32. The van der Waals surface area contributed by atoms with Crippen LogP contribution in [0.5, 0.6) is 0 Å². The van der Waals surface area contributed by atoms with Crippen molar-refractivity contribution in [2.45, 2.75) is 5.41 Å². The molecule has 0 fully saturated rings. The van der Waals surface area contributed by atoms with Gasteiger partial charge in [0.05, 0.1) is 16.6 Å². The predicted octanol–water partition coefficient (Wildman–Crippen LogP) is 13.3. The van der Waals surface area contributed by atoms with Crippen molar-refractivity contribution >= 4 is 32.4 Å². The molecule has 0 N–H and O–H groups in total. The Labute approximate surface area is 318 Å². The van der Waals surface area contributed by atoms with Gasteiger partial charge < -0.3 is 0 Å². The number of rotatable bonds is 2. The number of benzene rings is 9. The van der Waals surface area contributed by atoms with Crippen molar-refractivity contribution in [2.75, 3.05) is 0 Å². The Bertz CT molecular complexity index is 3340. The fourth-order valence-electron chi connectivity index (χ4n) is 10.5. The number of aromatic nitrogens is 2. The minimum Gasteiger partial charge on any atom is -0.228 e. The van der Waals surface area contributed by atoms with E-state index in [1.165, 1.54) is 88.3 Å². The van der Waals surface area contributed by atoms with Gasteiger partial charge in [0, 0.05) is 16.5 Å². The summed E-state index contributed by atoms with van der Waals surface area (Å²) in [5.41, 5.74) is 19.1. The molecule has 252 valence electrons. The lowest BCUT2D eigenvalue weighted by atomic mass is 9.68. The molecule has 1 atom stereocenters. The Morgan fingerprint density at radius 1 is 0.364 bits per heavy atom. The van der Waals surface area contributed by atoms with Gasteiger partial charge >= 0.3 is 0 Å². The number of nitrogens with zero attached hydrogens (tertiary/aromatic N) is 2. The number of fused-ring (bicyclic) bond motifs is 16. The summed E-state index contributed by atoms with van der Waals surface area (Å²) in [6, 6.07) is 67.0. The van der Waals surface area contributed by atoms with Crippen molar-refractivity contribution in [3.8, 4) is 67.2 Å². The molecule has 0 saturated heterocycles. The van der Waals surface area contributed by atoms with E-state index in [0.29, 0.717) is 0 Å². The molecule has 2 nitrogen and oxygen atoms in total. The summed E-state index contributed by atoms with van der Waals surface area (Å²) in [4.78, 5) is 11.0. The minimum absolute atomic E-state index is 0.579. The Balaban J connectivity index is 1.16. The molecule has 0 amide bonds. The van der Waals surface area contributed by atoms with E-state index in [9.17, 15) is 0 Å². The van der Waals surface area contributed by atoms with Crippen LogP contribution in [0.3, 0.4) is 0 Å². The fourth-order valence-corrected chi connectivity index (χ4v) is 10.5. The lowest BCUT2D eigenvalue weighted by molar-refractivity contribution is 0.795. The Hall–Kier alpha value is -7.16. The highest BCUT2D eigenvalue weighted by atomic mass is 14.9. The number of hydrogen-bond donors (Lipinski definition) is 0. The van der Waals surface area contributed by atoms with Gasteiger partial charge in [-0.05, 0) is 107 Å². The maximum atomic E-state index is 5.57. The SMILES string of the molecule is c1ccc2c(c1)-c1cccc3c4c(cc-2c13)C1(c2ccccc2-c2cccc(-c3nc(-c5ccc6ccccc6c5)c5ccccc5n3)c21)c1ccccc1-4. The average molecular weight is 695 g/mol. The van der Waals surface area contributed by atoms with Crippen LogP contribution in [-0.2, 0) is 5.41 Å². The monoisotopic (exact) mass is 694 g/mol. The van der Waals surface area contributed by atoms with Crippen LogP contribution in [0.25, 0.3) is 99.6 Å².